The number of benzene rings is 2. The quantitative estimate of drug-likeness (QED) is 0.303. The minimum atomic E-state index is 0.722. The number of thiophene rings is 1. The van der Waals surface area contributed by atoms with Crippen LogP contribution in [0.1, 0.15) is 21.7 Å². The summed E-state index contributed by atoms with van der Waals surface area (Å²) in [4.78, 5) is 14.4. The highest BCUT2D eigenvalue weighted by atomic mass is 32.1. The molecular weight excluding hydrogens is 378 g/mol. The number of H-pyrrole nitrogens is 1. The number of hydrogen-bond donors (Lipinski definition) is 2. The van der Waals surface area contributed by atoms with Gasteiger partial charge in [0.05, 0.1) is 11.6 Å². The van der Waals surface area contributed by atoms with Gasteiger partial charge in [0.25, 0.3) is 0 Å². The minimum Gasteiger partial charge on any atom is -0.358 e. The van der Waals surface area contributed by atoms with E-state index in [1.807, 2.05) is 24.4 Å². The van der Waals surface area contributed by atoms with E-state index in [0.717, 1.165) is 44.6 Å². The molecule has 0 amide bonds. The number of aromatic nitrogens is 3. The lowest BCUT2D eigenvalue weighted by molar-refractivity contribution is 1.19. The molecule has 0 bridgehead atoms. The molecule has 0 saturated heterocycles. The van der Waals surface area contributed by atoms with Crippen LogP contribution in [0.3, 0.4) is 0 Å². The van der Waals surface area contributed by atoms with E-state index in [0.29, 0.717) is 0 Å². The van der Waals surface area contributed by atoms with Crippen molar-refractivity contribution in [1.29, 1.82) is 0 Å². The zero-order valence-electron chi connectivity index (χ0n) is 15.9. The van der Waals surface area contributed by atoms with Gasteiger partial charge in [-0.1, -0.05) is 48.5 Å². The van der Waals surface area contributed by atoms with Crippen LogP contribution in [0.25, 0.3) is 21.1 Å². The Morgan fingerprint density at radius 3 is 2.76 bits per heavy atom. The number of rotatable bonds is 5. The molecule has 5 aromatic rings. The Morgan fingerprint density at radius 1 is 1.03 bits per heavy atom. The monoisotopic (exact) mass is 397 g/mol. The molecule has 5 rings (SSSR count). The van der Waals surface area contributed by atoms with Crippen LogP contribution in [-0.4, -0.2) is 21.2 Å². The summed E-state index contributed by atoms with van der Waals surface area (Å²) >= 11 is 1.69. The Kier molecular flexibility index (Phi) is 4.54. The summed E-state index contributed by atoms with van der Waals surface area (Å²) in [5.74, 6) is 0.722. The van der Waals surface area contributed by atoms with Gasteiger partial charge in [0.1, 0.15) is 11.2 Å². The number of fused-ring (bicyclic) bond motifs is 2. The summed E-state index contributed by atoms with van der Waals surface area (Å²) in [6.07, 6.45) is 4.32. The second kappa shape index (κ2) is 7.48. The highest BCUT2D eigenvalue weighted by molar-refractivity contribution is 7.18. The highest BCUT2D eigenvalue weighted by Crippen LogP contribution is 2.29. The predicted octanol–water partition coefficient (Wildman–Crippen LogP) is 5.52. The molecular formula is C23H19N5S. The normalized spacial score (nSPS) is 11.6. The largest absolute Gasteiger partial charge is 0.358 e. The predicted molar refractivity (Wildman–Crippen MR) is 121 cm³/mol. The van der Waals surface area contributed by atoms with Gasteiger partial charge in [0.15, 0.2) is 5.82 Å². The Morgan fingerprint density at radius 2 is 1.86 bits per heavy atom. The van der Waals surface area contributed by atoms with Gasteiger partial charge in [-0.15, -0.1) is 11.3 Å². The van der Waals surface area contributed by atoms with E-state index >= 15 is 0 Å². The first kappa shape index (κ1) is 17.6. The zero-order valence-corrected chi connectivity index (χ0v) is 16.7. The van der Waals surface area contributed by atoms with Gasteiger partial charge in [-0.2, -0.15) is 5.10 Å². The van der Waals surface area contributed by atoms with Gasteiger partial charge in [-0.25, -0.2) is 9.97 Å². The second-order valence-electron chi connectivity index (χ2n) is 6.90. The lowest BCUT2D eigenvalue weighted by atomic mass is 10.1. The summed E-state index contributed by atoms with van der Waals surface area (Å²) in [6, 6.07) is 20.8. The SMILES string of the molecule is Cc1[nH]c2ccccc2c1/C=N/Nc1ncnc2sc(Cc3ccccc3)cc12. The fourth-order valence-electron chi connectivity index (χ4n) is 3.50. The average Bonchev–Trinajstić information content (AvgIpc) is 3.29. The van der Waals surface area contributed by atoms with Crippen molar-refractivity contribution in [1.82, 2.24) is 15.0 Å². The van der Waals surface area contributed by atoms with E-state index in [2.05, 4.69) is 74.9 Å². The van der Waals surface area contributed by atoms with Gasteiger partial charge < -0.3 is 4.98 Å². The van der Waals surface area contributed by atoms with Crippen molar-refractivity contribution in [2.45, 2.75) is 13.3 Å². The van der Waals surface area contributed by atoms with Gasteiger partial charge in [0.2, 0.25) is 0 Å². The molecule has 2 aromatic carbocycles. The van der Waals surface area contributed by atoms with Crippen LogP contribution in [-0.2, 0) is 6.42 Å². The third kappa shape index (κ3) is 3.50. The van der Waals surface area contributed by atoms with Crippen molar-refractivity contribution < 1.29 is 0 Å². The molecule has 5 nitrogen and oxygen atoms in total. The van der Waals surface area contributed by atoms with E-state index in [1.54, 1.807) is 17.7 Å². The van der Waals surface area contributed by atoms with Crippen molar-refractivity contribution in [3.05, 3.63) is 88.7 Å². The summed E-state index contributed by atoms with van der Waals surface area (Å²) in [5, 5.41) is 6.61. The lowest BCUT2D eigenvalue weighted by Gasteiger charge is -2.00. The first-order valence-corrected chi connectivity index (χ1v) is 10.2. The molecule has 0 atom stereocenters. The maximum atomic E-state index is 4.46. The number of hydrazone groups is 1. The average molecular weight is 398 g/mol. The topological polar surface area (TPSA) is 66.0 Å². The highest BCUT2D eigenvalue weighted by Gasteiger charge is 2.09. The standard InChI is InChI=1S/C23H19N5S/c1-15-20(18-9-5-6-10-21(18)27-15)13-26-28-22-19-12-17(29-23(19)25-14-24-22)11-16-7-3-2-4-8-16/h2-10,12-14,27H,11H2,1H3,(H,24,25,28)/b26-13+. The van der Waals surface area contributed by atoms with E-state index in [1.165, 1.54) is 10.4 Å². The third-order valence-electron chi connectivity index (χ3n) is 4.91. The van der Waals surface area contributed by atoms with Gasteiger partial charge in [-0.3, -0.25) is 5.43 Å². The fraction of sp³-hybridized carbons (Fsp3) is 0.0870. The fourth-order valence-corrected chi connectivity index (χ4v) is 4.53. The lowest BCUT2D eigenvalue weighted by Crippen LogP contribution is -1.95. The molecule has 0 unspecified atom stereocenters. The van der Waals surface area contributed by atoms with Gasteiger partial charge in [0, 0.05) is 33.5 Å². The van der Waals surface area contributed by atoms with E-state index in [-0.39, 0.29) is 0 Å². The molecule has 0 aliphatic heterocycles. The Labute approximate surface area is 172 Å². The zero-order chi connectivity index (χ0) is 19.6. The Balaban J connectivity index is 1.41. The smallest absolute Gasteiger partial charge is 0.158 e. The molecule has 29 heavy (non-hydrogen) atoms. The summed E-state index contributed by atoms with van der Waals surface area (Å²) in [7, 11) is 0. The number of aryl methyl sites for hydroxylation is 1. The van der Waals surface area contributed by atoms with Gasteiger partial charge >= 0.3 is 0 Å². The molecule has 0 saturated carbocycles. The molecule has 0 spiro atoms. The molecule has 3 heterocycles. The molecule has 142 valence electrons. The van der Waals surface area contributed by atoms with Crippen LogP contribution in [0.15, 0.2) is 72.1 Å². The molecule has 0 radical (unpaired) electrons. The number of nitrogens with one attached hydrogen (secondary N) is 2. The van der Waals surface area contributed by atoms with Crippen molar-refractivity contribution >= 4 is 44.5 Å². The van der Waals surface area contributed by atoms with Crippen molar-refractivity contribution in [3.8, 4) is 0 Å². The van der Waals surface area contributed by atoms with Crippen LogP contribution in [0, 0.1) is 6.92 Å². The third-order valence-corrected chi connectivity index (χ3v) is 5.95. The molecule has 6 heteroatoms. The Bertz CT molecular complexity index is 1320. The first-order valence-electron chi connectivity index (χ1n) is 9.41. The molecule has 3 aromatic heterocycles. The Hall–Kier alpha value is -3.51. The van der Waals surface area contributed by atoms with Crippen molar-refractivity contribution in [2.24, 2.45) is 5.10 Å². The summed E-state index contributed by atoms with van der Waals surface area (Å²) in [5.41, 5.74) is 7.67. The van der Waals surface area contributed by atoms with E-state index in [4.69, 9.17) is 0 Å². The number of hydrogen-bond acceptors (Lipinski definition) is 5. The van der Waals surface area contributed by atoms with Gasteiger partial charge in [-0.05, 0) is 24.6 Å². The van der Waals surface area contributed by atoms with Crippen molar-refractivity contribution in [3.63, 3.8) is 0 Å². The maximum Gasteiger partial charge on any atom is 0.158 e. The van der Waals surface area contributed by atoms with E-state index < -0.39 is 0 Å². The summed E-state index contributed by atoms with van der Waals surface area (Å²) < 4.78 is 0. The first-order chi connectivity index (χ1) is 14.3. The number of anilines is 1. The maximum absolute atomic E-state index is 4.46. The number of aromatic amines is 1. The van der Waals surface area contributed by atoms with Crippen LogP contribution >= 0.6 is 11.3 Å². The van der Waals surface area contributed by atoms with Crippen LogP contribution in [0.5, 0.6) is 0 Å². The minimum absolute atomic E-state index is 0.722. The molecule has 0 fully saturated rings. The molecule has 2 N–H and O–H groups in total. The summed E-state index contributed by atoms with van der Waals surface area (Å²) in [6.45, 7) is 2.05. The van der Waals surface area contributed by atoms with Crippen molar-refractivity contribution in [2.75, 3.05) is 5.43 Å². The van der Waals surface area contributed by atoms with Crippen LogP contribution < -0.4 is 5.43 Å². The van der Waals surface area contributed by atoms with E-state index in [9.17, 15) is 0 Å². The van der Waals surface area contributed by atoms with Crippen LogP contribution in [0.4, 0.5) is 5.82 Å². The number of para-hydroxylation sites is 1. The number of nitrogens with zero attached hydrogens (tertiary/aromatic N) is 3. The molecule has 0 aliphatic carbocycles. The second-order valence-corrected chi connectivity index (χ2v) is 8.01. The van der Waals surface area contributed by atoms with Crippen LogP contribution in [0.2, 0.25) is 0 Å². The molecule has 0 aliphatic rings.